The summed E-state index contributed by atoms with van der Waals surface area (Å²) in [6.45, 7) is 0.815. The van der Waals surface area contributed by atoms with Crippen LogP contribution in [0.4, 0.5) is 13.2 Å². The van der Waals surface area contributed by atoms with Gasteiger partial charge in [0.05, 0.1) is 12.0 Å². The fraction of sp³-hybridized carbons (Fsp3) is 0.529. The molecule has 168 valence electrons. The molecule has 1 aromatic rings. The van der Waals surface area contributed by atoms with Crippen LogP contribution in [0, 0.1) is 0 Å². The van der Waals surface area contributed by atoms with E-state index in [9.17, 15) is 31.2 Å². The van der Waals surface area contributed by atoms with Crippen molar-refractivity contribution >= 4 is 34.6 Å². The first-order valence-electron chi connectivity index (χ1n) is 8.69. The molecule has 0 saturated carbocycles. The predicted molar refractivity (Wildman–Crippen MR) is 103 cm³/mol. The van der Waals surface area contributed by atoms with E-state index in [1.54, 1.807) is 7.05 Å². The first-order valence-corrected chi connectivity index (χ1v) is 10.6. The van der Waals surface area contributed by atoms with E-state index in [4.69, 9.17) is 4.74 Å². The number of methoxy groups -OCH3 is 1. The van der Waals surface area contributed by atoms with Gasteiger partial charge in [-0.1, -0.05) is 0 Å². The lowest BCUT2D eigenvalue weighted by atomic mass is 9.88. The van der Waals surface area contributed by atoms with E-state index >= 15 is 0 Å². The molecule has 0 amide bonds. The lowest BCUT2D eigenvalue weighted by Crippen LogP contribution is -2.58. The van der Waals surface area contributed by atoms with Gasteiger partial charge in [0, 0.05) is 4.75 Å². The Morgan fingerprint density at radius 1 is 1.20 bits per heavy atom. The van der Waals surface area contributed by atoms with Crippen molar-refractivity contribution in [2.45, 2.75) is 34.7 Å². The van der Waals surface area contributed by atoms with Crippen molar-refractivity contribution in [1.82, 2.24) is 9.62 Å². The van der Waals surface area contributed by atoms with Crippen molar-refractivity contribution in [3.05, 3.63) is 24.3 Å². The van der Waals surface area contributed by atoms with Crippen LogP contribution in [0.3, 0.4) is 0 Å². The fourth-order valence-corrected chi connectivity index (χ4v) is 4.58. The summed E-state index contributed by atoms with van der Waals surface area (Å²) in [5, 5.41) is 0. The number of nitrogens with zero attached hydrogens (tertiary/aromatic N) is 1. The van der Waals surface area contributed by atoms with Crippen molar-refractivity contribution in [1.29, 1.82) is 0 Å². The summed E-state index contributed by atoms with van der Waals surface area (Å²) in [7, 11) is -1.19. The van der Waals surface area contributed by atoms with E-state index in [1.165, 1.54) is 31.4 Å². The standard InChI is InChI=1S/C17H21F3N2O6S2/c1-22-9-7-16(29,8-10-22)13(14(23)28-15(24)17(18,19)20)21-30(25,26)12-5-3-11(27-2)4-6-12/h3-6,13,21,29H,7-10H2,1-2H3/t13-/m0/s1. The molecule has 1 aliphatic heterocycles. The zero-order valence-electron chi connectivity index (χ0n) is 16.1. The second-order valence-corrected chi connectivity index (χ2v) is 9.45. The summed E-state index contributed by atoms with van der Waals surface area (Å²) in [5.74, 6) is -4.03. The average Bonchev–Trinajstić information content (AvgIpc) is 2.67. The Labute approximate surface area is 177 Å². The Morgan fingerprint density at radius 2 is 1.73 bits per heavy atom. The first-order chi connectivity index (χ1) is 13.8. The van der Waals surface area contributed by atoms with E-state index in [1.807, 2.05) is 4.90 Å². The van der Waals surface area contributed by atoms with Gasteiger partial charge in [0.15, 0.2) is 0 Å². The minimum Gasteiger partial charge on any atom is -0.497 e. The van der Waals surface area contributed by atoms with E-state index in [2.05, 4.69) is 22.1 Å². The van der Waals surface area contributed by atoms with Crippen molar-refractivity contribution in [2.24, 2.45) is 0 Å². The second kappa shape index (κ2) is 9.12. The molecule has 0 bridgehead atoms. The molecule has 1 N–H and O–H groups in total. The summed E-state index contributed by atoms with van der Waals surface area (Å²) < 4.78 is 72.7. The number of halogens is 3. The van der Waals surface area contributed by atoms with Gasteiger partial charge in [-0.15, -0.1) is 0 Å². The minimum atomic E-state index is -5.41. The quantitative estimate of drug-likeness (QED) is 0.368. The van der Waals surface area contributed by atoms with Crippen LogP contribution in [0.5, 0.6) is 5.75 Å². The van der Waals surface area contributed by atoms with Crippen LogP contribution in [0.1, 0.15) is 12.8 Å². The van der Waals surface area contributed by atoms with Crippen molar-refractivity contribution < 1.29 is 40.7 Å². The molecule has 1 heterocycles. The number of carbonyl (C=O) groups excluding carboxylic acids is 2. The Morgan fingerprint density at radius 3 is 2.20 bits per heavy atom. The first kappa shape index (κ1) is 24.4. The number of hydrogen-bond acceptors (Lipinski definition) is 8. The molecule has 0 aliphatic carbocycles. The average molecular weight is 470 g/mol. The maximum Gasteiger partial charge on any atom is 0.491 e. The van der Waals surface area contributed by atoms with Gasteiger partial charge in [-0.3, -0.25) is 0 Å². The van der Waals surface area contributed by atoms with Crippen LogP contribution in [0.15, 0.2) is 29.2 Å². The molecule has 1 aliphatic rings. The Balaban J connectivity index is 2.34. The second-order valence-electron chi connectivity index (χ2n) is 6.84. The number of benzene rings is 1. The van der Waals surface area contributed by atoms with Crippen LogP contribution in [0.2, 0.25) is 0 Å². The van der Waals surface area contributed by atoms with Gasteiger partial charge < -0.3 is 14.4 Å². The van der Waals surface area contributed by atoms with Gasteiger partial charge in [-0.05, 0) is 57.2 Å². The third kappa shape index (κ3) is 5.86. The lowest BCUT2D eigenvalue weighted by Gasteiger charge is -2.41. The topological polar surface area (TPSA) is 102 Å². The zero-order valence-corrected chi connectivity index (χ0v) is 17.8. The molecule has 1 aromatic carbocycles. The minimum absolute atomic E-state index is 0.164. The lowest BCUT2D eigenvalue weighted by molar-refractivity contribution is -0.202. The van der Waals surface area contributed by atoms with Crippen molar-refractivity contribution in [2.75, 3.05) is 27.2 Å². The monoisotopic (exact) mass is 470 g/mol. The Bertz CT molecular complexity index is 882. The fourth-order valence-electron chi connectivity index (χ4n) is 2.86. The number of hydrogen-bond donors (Lipinski definition) is 2. The molecule has 1 atom stereocenters. The number of piperidine rings is 1. The Hall–Kier alpha value is -1.83. The molecule has 1 fully saturated rings. The highest BCUT2D eigenvalue weighted by atomic mass is 32.2. The largest absolute Gasteiger partial charge is 0.497 e. The summed E-state index contributed by atoms with van der Waals surface area (Å²) in [6.07, 6.45) is -5.08. The third-order valence-electron chi connectivity index (χ3n) is 4.69. The normalized spacial score (nSPS) is 18.5. The molecule has 1 saturated heterocycles. The van der Waals surface area contributed by atoms with Gasteiger partial charge >= 0.3 is 18.1 Å². The van der Waals surface area contributed by atoms with Gasteiger partial charge in [-0.2, -0.15) is 30.5 Å². The molecular formula is C17H21F3N2O6S2. The van der Waals surface area contributed by atoms with E-state index in [-0.39, 0.29) is 17.7 Å². The van der Waals surface area contributed by atoms with E-state index in [0.717, 1.165) is 0 Å². The Kier molecular flexibility index (Phi) is 7.43. The highest BCUT2D eigenvalue weighted by molar-refractivity contribution is 7.89. The highest BCUT2D eigenvalue weighted by Crippen LogP contribution is 2.34. The van der Waals surface area contributed by atoms with Gasteiger partial charge in [-0.25, -0.2) is 18.0 Å². The summed E-state index contributed by atoms with van der Waals surface area (Å²) in [6, 6.07) is 3.30. The number of carbonyl (C=O) groups is 2. The van der Waals surface area contributed by atoms with Crippen molar-refractivity contribution in [3.8, 4) is 5.75 Å². The molecule has 13 heteroatoms. The number of sulfonamides is 1. The smallest absolute Gasteiger partial charge is 0.491 e. The molecule has 0 spiro atoms. The highest BCUT2D eigenvalue weighted by Gasteiger charge is 2.49. The number of rotatable bonds is 6. The molecule has 0 aromatic heterocycles. The van der Waals surface area contributed by atoms with Gasteiger partial charge in [0.1, 0.15) is 11.8 Å². The number of likely N-dealkylation sites (tertiary alicyclic amines) is 1. The maximum absolute atomic E-state index is 12.8. The summed E-state index contributed by atoms with van der Waals surface area (Å²) in [5.41, 5.74) is 0. The summed E-state index contributed by atoms with van der Waals surface area (Å²) >= 11 is 4.41. The molecular weight excluding hydrogens is 449 g/mol. The van der Waals surface area contributed by atoms with Crippen LogP contribution in [-0.4, -0.2) is 69.5 Å². The summed E-state index contributed by atoms with van der Waals surface area (Å²) in [4.78, 5) is 25.2. The molecule has 0 radical (unpaired) electrons. The number of nitrogens with one attached hydrogen (secondary N) is 1. The number of thiol groups is 1. The van der Waals surface area contributed by atoms with Crippen LogP contribution < -0.4 is 9.46 Å². The number of ether oxygens (including phenoxy) is 2. The van der Waals surface area contributed by atoms with E-state index in [0.29, 0.717) is 18.8 Å². The SMILES string of the molecule is COc1ccc(S(=O)(=O)N[C@@H](C(=O)OC(=O)C(F)(F)F)C2(S)CCN(C)CC2)cc1. The molecule has 2 rings (SSSR count). The maximum atomic E-state index is 12.8. The number of alkyl halides is 3. The third-order valence-corrected chi connectivity index (χ3v) is 6.84. The van der Waals surface area contributed by atoms with E-state index < -0.39 is 38.9 Å². The number of esters is 2. The van der Waals surface area contributed by atoms with Gasteiger partial charge in [0.25, 0.3) is 0 Å². The van der Waals surface area contributed by atoms with Crippen LogP contribution in [-0.2, 0) is 24.3 Å². The van der Waals surface area contributed by atoms with Crippen LogP contribution in [0.25, 0.3) is 0 Å². The van der Waals surface area contributed by atoms with Gasteiger partial charge in [0.2, 0.25) is 10.0 Å². The zero-order chi connectivity index (χ0) is 22.7. The molecule has 30 heavy (non-hydrogen) atoms. The molecule has 8 nitrogen and oxygen atoms in total. The van der Waals surface area contributed by atoms with Crippen molar-refractivity contribution in [3.63, 3.8) is 0 Å². The predicted octanol–water partition coefficient (Wildman–Crippen LogP) is 1.37. The molecule has 0 unspecified atom stereocenters. The van der Waals surface area contributed by atoms with Crippen LogP contribution >= 0.6 is 12.6 Å².